The second-order valence-electron chi connectivity index (χ2n) is 11.3. The number of rotatable bonds is 9. The zero-order valence-corrected chi connectivity index (χ0v) is 24.8. The van der Waals surface area contributed by atoms with E-state index in [2.05, 4.69) is 60.0 Å². The molecule has 216 valence electrons. The summed E-state index contributed by atoms with van der Waals surface area (Å²) in [5.74, 6) is 0.650. The van der Waals surface area contributed by atoms with E-state index in [-0.39, 0.29) is 30.2 Å². The standard InChI is InChI=1S/C34H41N3O4/c1-6-7-25-18-22(4)36-34(39)31(25)20-35-33(38)29-19-30(28-12-15-37(21(2)3)32(28)23(29)5)24-8-10-26(11-9-24)41-27-13-16-40-17-14-27/h8-12,15,18-19,21,27H,6-7,13-14,16-17,20H2,1-5H3,(H,35,38)(H,36,39). The molecule has 1 fully saturated rings. The van der Waals surface area contributed by atoms with E-state index >= 15 is 0 Å². The molecule has 7 nitrogen and oxygen atoms in total. The largest absolute Gasteiger partial charge is 0.490 e. The summed E-state index contributed by atoms with van der Waals surface area (Å²) in [6, 6.07) is 14.5. The lowest BCUT2D eigenvalue weighted by Crippen LogP contribution is -2.29. The van der Waals surface area contributed by atoms with Crippen LogP contribution in [0, 0.1) is 13.8 Å². The van der Waals surface area contributed by atoms with Gasteiger partial charge in [0.05, 0.1) is 18.7 Å². The Bertz CT molecular complexity index is 1590. The third-order valence-corrected chi connectivity index (χ3v) is 8.00. The third-order valence-electron chi connectivity index (χ3n) is 8.00. The molecule has 1 saturated heterocycles. The highest BCUT2D eigenvalue weighted by Gasteiger charge is 2.21. The molecule has 0 atom stereocenters. The zero-order chi connectivity index (χ0) is 29.1. The Morgan fingerprint density at radius 1 is 1.12 bits per heavy atom. The third kappa shape index (κ3) is 6.10. The van der Waals surface area contributed by atoms with Gasteiger partial charge in [0, 0.05) is 53.8 Å². The Kier molecular flexibility index (Phi) is 8.64. The van der Waals surface area contributed by atoms with Crippen LogP contribution < -0.4 is 15.6 Å². The number of carbonyl (C=O) groups excluding carboxylic acids is 1. The lowest BCUT2D eigenvalue weighted by molar-refractivity contribution is 0.0256. The first-order valence-electron chi connectivity index (χ1n) is 14.8. The molecule has 1 aliphatic rings. The molecule has 0 radical (unpaired) electrons. The highest BCUT2D eigenvalue weighted by atomic mass is 16.5. The Morgan fingerprint density at radius 3 is 2.54 bits per heavy atom. The molecule has 1 aliphatic heterocycles. The van der Waals surface area contributed by atoms with E-state index in [0.717, 1.165) is 83.5 Å². The van der Waals surface area contributed by atoms with Gasteiger partial charge in [-0.15, -0.1) is 0 Å². The maximum Gasteiger partial charge on any atom is 0.253 e. The van der Waals surface area contributed by atoms with Crippen LogP contribution in [0.5, 0.6) is 5.75 Å². The summed E-state index contributed by atoms with van der Waals surface area (Å²) in [5.41, 5.74) is 6.88. The van der Waals surface area contributed by atoms with Crippen LogP contribution in [0.1, 0.15) is 78.8 Å². The first-order chi connectivity index (χ1) is 19.8. The fourth-order valence-corrected chi connectivity index (χ4v) is 5.86. The van der Waals surface area contributed by atoms with Crippen LogP contribution in [0.2, 0.25) is 0 Å². The summed E-state index contributed by atoms with van der Waals surface area (Å²) >= 11 is 0. The molecular weight excluding hydrogens is 514 g/mol. The second kappa shape index (κ2) is 12.4. The summed E-state index contributed by atoms with van der Waals surface area (Å²) in [7, 11) is 0. The average molecular weight is 556 g/mol. The lowest BCUT2D eigenvalue weighted by Gasteiger charge is -2.23. The van der Waals surface area contributed by atoms with Crippen molar-refractivity contribution in [3.8, 4) is 16.9 Å². The Hall–Kier alpha value is -3.84. The van der Waals surface area contributed by atoms with Crippen LogP contribution in [0.15, 0.2) is 53.5 Å². The van der Waals surface area contributed by atoms with Crippen LogP contribution in [-0.2, 0) is 17.7 Å². The number of fused-ring (bicyclic) bond motifs is 1. The van der Waals surface area contributed by atoms with Crippen molar-refractivity contribution in [3.63, 3.8) is 0 Å². The predicted molar refractivity (Wildman–Crippen MR) is 164 cm³/mol. The normalized spacial score (nSPS) is 14.1. The van der Waals surface area contributed by atoms with Gasteiger partial charge >= 0.3 is 0 Å². The number of pyridine rings is 1. The van der Waals surface area contributed by atoms with Crippen LogP contribution in [-0.4, -0.2) is 34.8 Å². The van der Waals surface area contributed by atoms with Gasteiger partial charge in [-0.05, 0) is 86.7 Å². The van der Waals surface area contributed by atoms with E-state index < -0.39 is 0 Å². The lowest BCUT2D eigenvalue weighted by atomic mass is 9.94. The van der Waals surface area contributed by atoms with Gasteiger partial charge in [-0.25, -0.2) is 0 Å². The van der Waals surface area contributed by atoms with E-state index in [1.165, 1.54) is 0 Å². The monoisotopic (exact) mass is 555 g/mol. The summed E-state index contributed by atoms with van der Waals surface area (Å²) in [6.45, 7) is 11.9. The highest BCUT2D eigenvalue weighted by Crippen LogP contribution is 2.36. The topological polar surface area (TPSA) is 85.3 Å². The molecule has 0 spiro atoms. The Labute approximate surface area is 241 Å². The van der Waals surface area contributed by atoms with Gasteiger partial charge in [0.2, 0.25) is 0 Å². The number of nitrogens with one attached hydrogen (secondary N) is 2. The first kappa shape index (κ1) is 28.7. The summed E-state index contributed by atoms with van der Waals surface area (Å²) in [4.78, 5) is 29.4. The summed E-state index contributed by atoms with van der Waals surface area (Å²) in [5, 5.41) is 4.16. The minimum atomic E-state index is -0.191. The van der Waals surface area contributed by atoms with E-state index in [4.69, 9.17) is 9.47 Å². The number of hydrogen-bond acceptors (Lipinski definition) is 4. The molecule has 2 aromatic carbocycles. The molecule has 0 bridgehead atoms. The zero-order valence-electron chi connectivity index (χ0n) is 24.8. The van der Waals surface area contributed by atoms with Crippen LogP contribution in [0.3, 0.4) is 0 Å². The number of hydrogen-bond donors (Lipinski definition) is 2. The number of aromatic nitrogens is 2. The minimum absolute atomic E-state index is 0.140. The summed E-state index contributed by atoms with van der Waals surface area (Å²) in [6.07, 6.45) is 5.79. The molecule has 0 saturated carbocycles. The molecule has 1 amide bonds. The molecule has 7 heteroatoms. The molecule has 41 heavy (non-hydrogen) atoms. The van der Waals surface area contributed by atoms with E-state index in [1.54, 1.807) is 0 Å². The van der Waals surface area contributed by atoms with Crippen LogP contribution >= 0.6 is 0 Å². The average Bonchev–Trinajstić information content (AvgIpc) is 3.40. The number of aryl methyl sites for hydroxylation is 3. The second-order valence-corrected chi connectivity index (χ2v) is 11.3. The Morgan fingerprint density at radius 2 is 1.85 bits per heavy atom. The molecule has 0 unspecified atom stereocenters. The maximum absolute atomic E-state index is 13.7. The van der Waals surface area contributed by atoms with Gasteiger partial charge in [0.25, 0.3) is 11.5 Å². The molecule has 4 aromatic rings. The van der Waals surface area contributed by atoms with Crippen LogP contribution in [0.25, 0.3) is 22.0 Å². The smallest absolute Gasteiger partial charge is 0.253 e. The van der Waals surface area contributed by atoms with Crippen molar-refractivity contribution in [1.29, 1.82) is 0 Å². The number of carbonyl (C=O) groups is 1. The van der Waals surface area contributed by atoms with Crippen molar-refractivity contribution >= 4 is 16.8 Å². The number of nitrogens with zero attached hydrogens (tertiary/aromatic N) is 1. The van der Waals surface area contributed by atoms with E-state index in [0.29, 0.717) is 11.1 Å². The van der Waals surface area contributed by atoms with Crippen molar-refractivity contribution in [2.75, 3.05) is 13.2 Å². The fraction of sp³-hybridized carbons (Fsp3) is 0.412. The van der Waals surface area contributed by atoms with Crippen molar-refractivity contribution in [3.05, 3.63) is 87.0 Å². The number of benzene rings is 2. The molecule has 2 aromatic heterocycles. The predicted octanol–water partition coefficient (Wildman–Crippen LogP) is 6.63. The van der Waals surface area contributed by atoms with Crippen LogP contribution in [0.4, 0.5) is 0 Å². The number of amides is 1. The number of aromatic amines is 1. The Balaban J connectivity index is 1.49. The molecule has 5 rings (SSSR count). The number of ether oxygens (including phenoxy) is 2. The van der Waals surface area contributed by atoms with Gasteiger partial charge in [-0.1, -0.05) is 25.5 Å². The van der Waals surface area contributed by atoms with Gasteiger partial charge in [0.1, 0.15) is 11.9 Å². The molecule has 3 heterocycles. The molecular formula is C34H41N3O4. The van der Waals surface area contributed by atoms with Crippen molar-refractivity contribution in [1.82, 2.24) is 14.9 Å². The van der Waals surface area contributed by atoms with Gasteiger partial charge < -0.3 is 24.3 Å². The van der Waals surface area contributed by atoms with Gasteiger partial charge in [-0.3, -0.25) is 9.59 Å². The van der Waals surface area contributed by atoms with E-state index in [9.17, 15) is 9.59 Å². The van der Waals surface area contributed by atoms with E-state index in [1.807, 2.05) is 38.1 Å². The fourth-order valence-electron chi connectivity index (χ4n) is 5.86. The quantitative estimate of drug-likeness (QED) is 0.243. The van der Waals surface area contributed by atoms with Crippen molar-refractivity contribution in [2.45, 2.75) is 79.0 Å². The summed E-state index contributed by atoms with van der Waals surface area (Å²) < 4.78 is 13.9. The highest BCUT2D eigenvalue weighted by molar-refractivity contribution is 6.06. The minimum Gasteiger partial charge on any atom is -0.490 e. The number of H-pyrrole nitrogens is 1. The molecule has 0 aliphatic carbocycles. The van der Waals surface area contributed by atoms with Crippen molar-refractivity contribution < 1.29 is 14.3 Å². The van der Waals surface area contributed by atoms with Crippen molar-refractivity contribution in [2.24, 2.45) is 0 Å². The molecule has 2 N–H and O–H groups in total. The van der Waals surface area contributed by atoms with Gasteiger partial charge in [-0.2, -0.15) is 0 Å². The maximum atomic E-state index is 13.7. The van der Waals surface area contributed by atoms with Gasteiger partial charge in [0.15, 0.2) is 0 Å². The SMILES string of the molecule is CCCc1cc(C)[nH]c(=O)c1CNC(=O)c1cc(-c2ccc(OC3CCOCC3)cc2)c2ccn(C(C)C)c2c1C. The first-order valence-corrected chi connectivity index (χ1v) is 14.8.